The van der Waals surface area contributed by atoms with Crippen molar-refractivity contribution in [2.24, 2.45) is 17.3 Å². The second kappa shape index (κ2) is 5.86. The molecule has 0 aromatic carbocycles. The second-order valence-corrected chi connectivity index (χ2v) is 6.01. The fourth-order valence-electron chi connectivity index (χ4n) is 2.73. The van der Waals surface area contributed by atoms with E-state index in [9.17, 15) is 5.11 Å². The zero-order valence-corrected chi connectivity index (χ0v) is 11.4. The molecule has 1 rings (SSSR count). The third-order valence-corrected chi connectivity index (χ3v) is 4.53. The summed E-state index contributed by atoms with van der Waals surface area (Å²) in [6.45, 7) is 9.23. The summed E-state index contributed by atoms with van der Waals surface area (Å²) >= 11 is 0. The predicted octanol–water partition coefficient (Wildman–Crippen LogP) is 4.17. The van der Waals surface area contributed by atoms with Crippen LogP contribution >= 0.6 is 0 Å². The van der Waals surface area contributed by atoms with Crippen LogP contribution in [-0.2, 0) is 0 Å². The largest absolute Gasteiger partial charge is 0.393 e. The molecular weight excluding hydrogens is 196 g/mol. The molecule has 1 aliphatic rings. The number of aliphatic hydroxyl groups excluding tert-OH is 1. The van der Waals surface area contributed by atoms with Crippen molar-refractivity contribution < 1.29 is 5.11 Å². The zero-order chi connectivity index (χ0) is 12.2. The van der Waals surface area contributed by atoms with Crippen LogP contribution in [0.15, 0.2) is 12.2 Å². The van der Waals surface area contributed by atoms with E-state index in [1.54, 1.807) is 0 Å². The highest BCUT2D eigenvalue weighted by atomic mass is 16.3. The maximum absolute atomic E-state index is 9.65. The number of aliphatic hydroxyl groups is 1. The summed E-state index contributed by atoms with van der Waals surface area (Å²) in [6.07, 6.45) is 9.90. The van der Waals surface area contributed by atoms with Crippen LogP contribution in [0, 0.1) is 17.3 Å². The summed E-state index contributed by atoms with van der Waals surface area (Å²) in [4.78, 5) is 0. The second-order valence-electron chi connectivity index (χ2n) is 6.01. The van der Waals surface area contributed by atoms with Gasteiger partial charge in [-0.2, -0.15) is 0 Å². The lowest BCUT2D eigenvalue weighted by Crippen LogP contribution is -2.21. The molecule has 1 aliphatic carbocycles. The molecule has 1 heteroatoms. The maximum Gasteiger partial charge on any atom is 0.0574 e. The van der Waals surface area contributed by atoms with Gasteiger partial charge < -0.3 is 5.11 Å². The Morgan fingerprint density at radius 2 is 2.06 bits per heavy atom. The normalized spacial score (nSPS) is 31.1. The van der Waals surface area contributed by atoms with Crippen molar-refractivity contribution in [3.8, 4) is 0 Å². The minimum Gasteiger partial charge on any atom is -0.393 e. The van der Waals surface area contributed by atoms with Gasteiger partial charge in [0, 0.05) is 0 Å². The van der Waals surface area contributed by atoms with E-state index in [2.05, 4.69) is 39.8 Å². The van der Waals surface area contributed by atoms with E-state index < -0.39 is 0 Å². The molecule has 1 nitrogen and oxygen atoms in total. The van der Waals surface area contributed by atoms with Gasteiger partial charge in [-0.1, -0.05) is 46.3 Å². The molecule has 1 N–H and O–H groups in total. The van der Waals surface area contributed by atoms with Crippen LogP contribution in [0.1, 0.15) is 59.8 Å². The summed E-state index contributed by atoms with van der Waals surface area (Å²) in [7, 11) is 0. The van der Waals surface area contributed by atoms with Crippen LogP contribution in [0.5, 0.6) is 0 Å². The molecule has 0 aliphatic heterocycles. The molecule has 0 spiro atoms. The van der Waals surface area contributed by atoms with Crippen molar-refractivity contribution in [2.45, 2.75) is 65.9 Å². The molecule has 1 fully saturated rings. The van der Waals surface area contributed by atoms with Crippen molar-refractivity contribution >= 4 is 0 Å². The fraction of sp³-hybridized carbons (Fsp3) is 0.867. The van der Waals surface area contributed by atoms with Gasteiger partial charge >= 0.3 is 0 Å². The van der Waals surface area contributed by atoms with E-state index in [0.717, 1.165) is 25.2 Å². The number of allylic oxidation sites excluding steroid dienone is 1. The highest BCUT2D eigenvalue weighted by molar-refractivity contribution is 5.01. The molecule has 0 amide bonds. The van der Waals surface area contributed by atoms with E-state index in [0.29, 0.717) is 11.3 Å². The van der Waals surface area contributed by atoms with Crippen molar-refractivity contribution in [1.82, 2.24) is 0 Å². The Kier molecular flexibility index (Phi) is 5.04. The summed E-state index contributed by atoms with van der Waals surface area (Å²) in [6, 6.07) is 0. The molecule has 1 saturated carbocycles. The minimum atomic E-state index is -0.136. The highest BCUT2D eigenvalue weighted by Crippen LogP contribution is 2.47. The van der Waals surface area contributed by atoms with Crippen LogP contribution in [0.4, 0.5) is 0 Å². The quantitative estimate of drug-likeness (QED) is 0.695. The van der Waals surface area contributed by atoms with Crippen LogP contribution in [0.3, 0.4) is 0 Å². The molecule has 0 bridgehead atoms. The zero-order valence-electron chi connectivity index (χ0n) is 11.4. The summed E-state index contributed by atoms with van der Waals surface area (Å²) in [5.41, 5.74) is 0.437. The van der Waals surface area contributed by atoms with Crippen LogP contribution < -0.4 is 0 Å². The number of hydrogen-bond acceptors (Lipinski definition) is 1. The first-order chi connectivity index (χ1) is 7.48. The lowest BCUT2D eigenvalue weighted by molar-refractivity contribution is 0.166. The first-order valence-electron chi connectivity index (χ1n) is 6.83. The number of hydrogen-bond donors (Lipinski definition) is 1. The molecule has 0 aromatic heterocycles. The van der Waals surface area contributed by atoms with E-state index in [-0.39, 0.29) is 6.10 Å². The van der Waals surface area contributed by atoms with Gasteiger partial charge in [0.15, 0.2) is 0 Å². The Bertz CT molecular complexity index is 230. The van der Waals surface area contributed by atoms with E-state index in [4.69, 9.17) is 0 Å². The van der Waals surface area contributed by atoms with E-state index in [1.165, 1.54) is 12.8 Å². The Morgan fingerprint density at radius 1 is 1.38 bits per heavy atom. The molecule has 3 atom stereocenters. The Hall–Kier alpha value is -0.300. The third-order valence-electron chi connectivity index (χ3n) is 4.53. The molecule has 0 aromatic rings. The Labute approximate surface area is 101 Å². The first-order valence-corrected chi connectivity index (χ1v) is 6.83. The van der Waals surface area contributed by atoms with Crippen LogP contribution in [0.2, 0.25) is 0 Å². The van der Waals surface area contributed by atoms with E-state index >= 15 is 0 Å². The fourth-order valence-corrected chi connectivity index (χ4v) is 2.73. The topological polar surface area (TPSA) is 20.2 Å². The van der Waals surface area contributed by atoms with Gasteiger partial charge in [0.05, 0.1) is 6.10 Å². The van der Waals surface area contributed by atoms with Crippen molar-refractivity contribution in [3.63, 3.8) is 0 Å². The van der Waals surface area contributed by atoms with Crippen LogP contribution in [0.25, 0.3) is 0 Å². The van der Waals surface area contributed by atoms with Gasteiger partial charge in [-0.05, 0) is 42.9 Å². The van der Waals surface area contributed by atoms with Gasteiger partial charge in [0.2, 0.25) is 0 Å². The molecule has 94 valence electrons. The molecule has 0 radical (unpaired) electrons. The Morgan fingerprint density at radius 3 is 2.56 bits per heavy atom. The molecule has 0 saturated heterocycles. The maximum atomic E-state index is 9.65. The average Bonchev–Trinajstić information content (AvgIpc) is 2.45. The SMILES string of the molecule is CCCC(O)C/C=C/C1CCC(C)C1(C)C. The van der Waals surface area contributed by atoms with Crippen molar-refractivity contribution in [1.29, 1.82) is 0 Å². The average molecular weight is 224 g/mol. The lowest BCUT2D eigenvalue weighted by Gasteiger charge is -2.29. The van der Waals surface area contributed by atoms with Gasteiger partial charge in [0.25, 0.3) is 0 Å². The Balaban J connectivity index is 2.40. The lowest BCUT2D eigenvalue weighted by atomic mass is 9.76. The summed E-state index contributed by atoms with van der Waals surface area (Å²) < 4.78 is 0. The van der Waals surface area contributed by atoms with Crippen molar-refractivity contribution in [3.05, 3.63) is 12.2 Å². The number of rotatable bonds is 5. The minimum absolute atomic E-state index is 0.136. The van der Waals surface area contributed by atoms with Crippen molar-refractivity contribution in [2.75, 3.05) is 0 Å². The van der Waals surface area contributed by atoms with Crippen LogP contribution in [-0.4, -0.2) is 11.2 Å². The first kappa shape index (κ1) is 13.8. The third kappa shape index (κ3) is 3.35. The molecular formula is C15H28O. The van der Waals surface area contributed by atoms with Gasteiger partial charge in [-0.3, -0.25) is 0 Å². The highest BCUT2D eigenvalue weighted by Gasteiger charge is 2.38. The molecule has 0 heterocycles. The molecule has 3 unspecified atom stereocenters. The summed E-state index contributed by atoms with van der Waals surface area (Å²) in [5.74, 6) is 1.53. The summed E-state index contributed by atoms with van der Waals surface area (Å²) in [5, 5.41) is 9.65. The van der Waals surface area contributed by atoms with Gasteiger partial charge in [-0.15, -0.1) is 0 Å². The monoisotopic (exact) mass is 224 g/mol. The smallest absolute Gasteiger partial charge is 0.0574 e. The predicted molar refractivity (Wildman–Crippen MR) is 70.3 cm³/mol. The van der Waals surface area contributed by atoms with E-state index in [1.807, 2.05) is 0 Å². The van der Waals surface area contributed by atoms with Gasteiger partial charge in [0.1, 0.15) is 0 Å². The molecule has 16 heavy (non-hydrogen) atoms. The standard InChI is InChI=1S/C15H28O/c1-5-7-14(16)9-6-8-13-11-10-12(2)15(13,3)4/h6,8,12-14,16H,5,7,9-11H2,1-4H3/b8-6+. The van der Waals surface area contributed by atoms with Gasteiger partial charge in [-0.25, -0.2) is 0 Å².